The molecular weight excluding hydrogens is 586 g/mol. The van der Waals surface area contributed by atoms with Crippen LogP contribution in [0.25, 0.3) is 22.6 Å². The van der Waals surface area contributed by atoms with Crippen molar-refractivity contribution in [1.82, 2.24) is 25.1 Å². The Morgan fingerprint density at radius 1 is 0.804 bits per heavy atom. The van der Waals surface area contributed by atoms with E-state index in [0.717, 1.165) is 16.7 Å². The van der Waals surface area contributed by atoms with Crippen molar-refractivity contribution in [2.45, 2.75) is 19.4 Å². The summed E-state index contributed by atoms with van der Waals surface area (Å²) >= 11 is 0. The minimum Gasteiger partial charge on any atom is -0.465 e. The van der Waals surface area contributed by atoms with Crippen LogP contribution in [0, 0.1) is 0 Å². The molecule has 11 heteroatoms. The second-order valence-electron chi connectivity index (χ2n) is 10.6. The van der Waals surface area contributed by atoms with Crippen LogP contribution >= 0.6 is 0 Å². The van der Waals surface area contributed by atoms with Gasteiger partial charge in [-0.3, -0.25) is 9.59 Å². The number of hydrogen-bond acceptors (Lipinski definition) is 8. The Morgan fingerprint density at radius 2 is 1.41 bits per heavy atom. The summed E-state index contributed by atoms with van der Waals surface area (Å²) in [4.78, 5) is 64.5. The van der Waals surface area contributed by atoms with Crippen molar-refractivity contribution in [2.24, 2.45) is 0 Å². The molecule has 1 fully saturated rings. The summed E-state index contributed by atoms with van der Waals surface area (Å²) in [5, 5.41) is 2.92. The molecule has 1 N–H and O–H groups in total. The number of rotatable bonds is 9. The van der Waals surface area contributed by atoms with E-state index in [1.54, 1.807) is 47.1 Å². The highest BCUT2D eigenvalue weighted by molar-refractivity contribution is 5.97. The smallest absolute Gasteiger partial charge is 0.409 e. The summed E-state index contributed by atoms with van der Waals surface area (Å²) in [7, 11) is 1.31. The maximum absolute atomic E-state index is 13.9. The van der Waals surface area contributed by atoms with E-state index in [4.69, 9.17) is 14.5 Å². The first-order valence-electron chi connectivity index (χ1n) is 15.0. The molecule has 236 valence electrons. The Balaban J connectivity index is 1.43. The fourth-order valence-corrected chi connectivity index (χ4v) is 5.14. The maximum Gasteiger partial charge on any atom is 0.409 e. The molecule has 1 saturated heterocycles. The summed E-state index contributed by atoms with van der Waals surface area (Å²) < 4.78 is 9.90. The average molecular weight is 622 g/mol. The van der Waals surface area contributed by atoms with Crippen LogP contribution in [0.2, 0.25) is 0 Å². The number of ether oxygens (including phenoxy) is 2. The Bertz CT molecular complexity index is 1620. The molecule has 1 unspecified atom stereocenters. The predicted octanol–water partition coefficient (Wildman–Crippen LogP) is 4.24. The van der Waals surface area contributed by atoms with Crippen LogP contribution in [0.4, 0.5) is 4.79 Å². The fraction of sp³-hybridized carbons (Fsp3) is 0.257. The average Bonchev–Trinajstić information content (AvgIpc) is 3.11. The molecule has 46 heavy (non-hydrogen) atoms. The molecule has 0 aliphatic carbocycles. The van der Waals surface area contributed by atoms with Crippen LogP contribution in [0.5, 0.6) is 0 Å². The van der Waals surface area contributed by atoms with Gasteiger partial charge in [0, 0.05) is 43.7 Å². The Labute approximate surface area is 267 Å². The molecule has 1 aliphatic heterocycles. The predicted molar refractivity (Wildman–Crippen MR) is 171 cm³/mol. The van der Waals surface area contributed by atoms with Crippen LogP contribution in [0.3, 0.4) is 0 Å². The minimum absolute atomic E-state index is 0.110. The van der Waals surface area contributed by atoms with Gasteiger partial charge in [-0.05, 0) is 30.7 Å². The highest BCUT2D eigenvalue weighted by Gasteiger charge is 2.31. The van der Waals surface area contributed by atoms with Gasteiger partial charge in [0.2, 0.25) is 5.91 Å². The summed E-state index contributed by atoms with van der Waals surface area (Å²) in [6, 6.07) is 26.2. The molecule has 1 atom stereocenters. The second-order valence-corrected chi connectivity index (χ2v) is 10.6. The molecule has 4 aromatic rings. The first kappa shape index (κ1) is 31.8. The van der Waals surface area contributed by atoms with Crippen molar-refractivity contribution >= 4 is 23.9 Å². The van der Waals surface area contributed by atoms with Crippen LogP contribution in [0.1, 0.15) is 33.3 Å². The van der Waals surface area contributed by atoms with Crippen molar-refractivity contribution in [3.63, 3.8) is 0 Å². The van der Waals surface area contributed by atoms with Gasteiger partial charge < -0.3 is 24.6 Å². The van der Waals surface area contributed by atoms with Gasteiger partial charge in [-0.15, -0.1) is 0 Å². The largest absolute Gasteiger partial charge is 0.465 e. The van der Waals surface area contributed by atoms with E-state index >= 15 is 0 Å². The van der Waals surface area contributed by atoms with Crippen LogP contribution < -0.4 is 5.32 Å². The Hall–Kier alpha value is -5.58. The first-order valence-corrected chi connectivity index (χ1v) is 15.0. The topological polar surface area (TPSA) is 131 Å². The van der Waals surface area contributed by atoms with Gasteiger partial charge >= 0.3 is 12.1 Å². The van der Waals surface area contributed by atoms with Crippen molar-refractivity contribution in [2.75, 3.05) is 39.9 Å². The molecule has 3 aromatic carbocycles. The number of aromatic nitrogens is 2. The lowest BCUT2D eigenvalue weighted by Gasteiger charge is -2.36. The molecule has 0 radical (unpaired) electrons. The second kappa shape index (κ2) is 14.9. The zero-order valence-electron chi connectivity index (χ0n) is 25.7. The van der Waals surface area contributed by atoms with Crippen LogP contribution in [-0.2, 0) is 20.7 Å². The number of amides is 3. The zero-order chi connectivity index (χ0) is 32.5. The number of benzene rings is 3. The molecule has 0 bridgehead atoms. The zero-order valence-corrected chi connectivity index (χ0v) is 25.7. The molecule has 0 saturated carbocycles. The van der Waals surface area contributed by atoms with Crippen LogP contribution in [-0.4, -0.2) is 89.6 Å². The summed E-state index contributed by atoms with van der Waals surface area (Å²) in [6.45, 7) is 3.20. The number of methoxy groups -OCH3 is 1. The van der Waals surface area contributed by atoms with Gasteiger partial charge in [0.05, 0.1) is 25.0 Å². The van der Waals surface area contributed by atoms with E-state index in [9.17, 15) is 19.2 Å². The highest BCUT2D eigenvalue weighted by atomic mass is 16.6. The van der Waals surface area contributed by atoms with E-state index in [0.29, 0.717) is 30.2 Å². The number of hydrogen-bond donors (Lipinski definition) is 1. The fourth-order valence-electron chi connectivity index (χ4n) is 5.14. The number of carbonyl (C=O) groups excluding carboxylic acids is 4. The molecule has 1 aliphatic rings. The van der Waals surface area contributed by atoms with E-state index in [-0.39, 0.29) is 37.7 Å². The summed E-state index contributed by atoms with van der Waals surface area (Å²) in [5.41, 5.74) is 3.33. The number of nitrogens with one attached hydrogen (secondary N) is 1. The van der Waals surface area contributed by atoms with Gasteiger partial charge in [-0.2, -0.15) is 0 Å². The van der Waals surface area contributed by atoms with Crippen LogP contribution in [0.15, 0.2) is 91.0 Å². The van der Waals surface area contributed by atoms with Gasteiger partial charge in [0.25, 0.3) is 5.91 Å². The number of nitrogens with zero attached hydrogens (tertiary/aromatic N) is 4. The van der Waals surface area contributed by atoms with Gasteiger partial charge in [-0.25, -0.2) is 19.6 Å². The van der Waals surface area contributed by atoms with Gasteiger partial charge in [0.1, 0.15) is 11.7 Å². The Kier molecular flexibility index (Phi) is 10.3. The summed E-state index contributed by atoms with van der Waals surface area (Å²) in [5.74, 6) is -0.927. The third kappa shape index (κ3) is 7.73. The van der Waals surface area contributed by atoms with E-state index < -0.39 is 24.0 Å². The molecule has 5 rings (SSSR count). The molecular formula is C35H35N5O6. The molecule has 11 nitrogen and oxygen atoms in total. The van der Waals surface area contributed by atoms with Gasteiger partial charge in [-0.1, -0.05) is 72.8 Å². The SMILES string of the molecule is CCOC(=O)N1CCN(C(=O)C(Cc2ccc(C(=O)OC)cc2)NC(=O)c2cc(-c3ccccc3)nc(-c3ccccc3)n2)CC1. The van der Waals surface area contributed by atoms with Crippen molar-refractivity contribution in [3.8, 4) is 22.6 Å². The van der Waals surface area contributed by atoms with Crippen molar-refractivity contribution in [3.05, 3.63) is 108 Å². The molecule has 0 spiro atoms. The lowest BCUT2D eigenvalue weighted by molar-refractivity contribution is -0.134. The quantitative estimate of drug-likeness (QED) is 0.275. The Morgan fingerprint density at radius 3 is 2.02 bits per heavy atom. The molecule has 3 amide bonds. The summed E-state index contributed by atoms with van der Waals surface area (Å²) in [6.07, 6.45) is -0.260. The monoisotopic (exact) mass is 621 g/mol. The van der Waals surface area contributed by atoms with E-state index in [2.05, 4.69) is 10.3 Å². The van der Waals surface area contributed by atoms with Crippen molar-refractivity contribution < 1.29 is 28.7 Å². The number of carbonyl (C=O) groups is 4. The lowest BCUT2D eigenvalue weighted by Crippen LogP contribution is -2.56. The van der Waals surface area contributed by atoms with Crippen molar-refractivity contribution in [1.29, 1.82) is 0 Å². The highest BCUT2D eigenvalue weighted by Crippen LogP contribution is 2.23. The normalized spacial score (nSPS) is 13.4. The van der Waals surface area contributed by atoms with E-state index in [1.807, 2.05) is 60.7 Å². The lowest BCUT2D eigenvalue weighted by atomic mass is 10.0. The number of piperazine rings is 1. The number of esters is 1. The minimum atomic E-state index is -0.957. The molecule has 1 aromatic heterocycles. The third-order valence-electron chi connectivity index (χ3n) is 7.60. The third-order valence-corrected chi connectivity index (χ3v) is 7.60. The standard InChI is InChI=1S/C35H35N5O6/c1-3-46-35(44)40-20-18-39(19-21-40)33(42)30(22-24-14-16-27(17-15-24)34(43)45-2)38-32(41)29-23-28(25-10-6-4-7-11-25)36-31(37-29)26-12-8-5-9-13-26/h4-17,23,30H,3,18-22H2,1-2H3,(H,38,41). The van der Waals surface area contributed by atoms with E-state index in [1.165, 1.54) is 7.11 Å². The maximum atomic E-state index is 13.9. The molecule has 2 heterocycles. The van der Waals surface area contributed by atoms with Gasteiger partial charge in [0.15, 0.2) is 5.82 Å². The first-order chi connectivity index (χ1) is 22.4.